The lowest BCUT2D eigenvalue weighted by atomic mass is 9.84. The summed E-state index contributed by atoms with van der Waals surface area (Å²) in [7, 11) is -5.70. The molecule has 1 N–H and O–H groups in total. The van der Waals surface area contributed by atoms with Gasteiger partial charge in [0.1, 0.15) is 5.75 Å². The molecular weight excluding hydrogens is 745 g/mol. The number of carboxylic acid groups (broad SMARTS) is 1. The molecule has 9 nitrogen and oxygen atoms in total. The van der Waals surface area contributed by atoms with Crippen LogP contribution in [0.25, 0.3) is 0 Å². The summed E-state index contributed by atoms with van der Waals surface area (Å²) in [6, 6.07) is 10.8. The molecule has 3 aromatic carbocycles. The highest BCUT2D eigenvalue weighted by Gasteiger charge is 2.39. The molecule has 1 heterocycles. The molecule has 1 aliphatic rings. The second-order valence-corrected chi connectivity index (χ2v) is 15.8. The molecular formula is C37H35ClF5N3O6S. The van der Waals surface area contributed by atoms with Gasteiger partial charge in [-0.1, -0.05) is 50.6 Å². The number of aromatic carboxylic acids is 1. The maximum atomic E-state index is 15.1. The molecule has 0 spiro atoms. The van der Waals surface area contributed by atoms with Crippen LogP contribution in [0.2, 0.25) is 5.02 Å². The third kappa shape index (κ3) is 8.47. The van der Waals surface area contributed by atoms with Crippen LogP contribution in [0.3, 0.4) is 0 Å². The monoisotopic (exact) mass is 779 g/mol. The van der Waals surface area contributed by atoms with Crippen molar-refractivity contribution in [2.45, 2.75) is 69.9 Å². The topological polar surface area (TPSA) is 117 Å². The molecule has 16 heteroatoms. The van der Waals surface area contributed by atoms with E-state index in [1.807, 2.05) is 32.9 Å². The maximum Gasteiger partial charge on any atom is 0.335 e. The zero-order valence-corrected chi connectivity index (χ0v) is 30.6. The number of pyridine rings is 1. The highest BCUT2D eigenvalue weighted by atomic mass is 35.5. The van der Waals surface area contributed by atoms with Gasteiger partial charge in [0.25, 0.3) is 0 Å². The van der Waals surface area contributed by atoms with E-state index in [1.54, 1.807) is 6.92 Å². The molecule has 1 saturated carbocycles. The van der Waals surface area contributed by atoms with Gasteiger partial charge in [0.2, 0.25) is 21.7 Å². The van der Waals surface area contributed by atoms with Gasteiger partial charge in [-0.15, -0.1) is 0 Å². The Labute approximate surface area is 308 Å². The van der Waals surface area contributed by atoms with Gasteiger partial charge in [0, 0.05) is 29.5 Å². The zero-order chi connectivity index (χ0) is 39.0. The van der Waals surface area contributed by atoms with Crippen LogP contribution < -0.4 is 9.64 Å². The largest absolute Gasteiger partial charge is 0.492 e. The van der Waals surface area contributed by atoms with Crippen molar-refractivity contribution in [3.63, 3.8) is 0 Å². The minimum absolute atomic E-state index is 0.0176. The van der Waals surface area contributed by atoms with Gasteiger partial charge in [0.15, 0.2) is 28.2 Å². The average molecular weight is 780 g/mol. The van der Waals surface area contributed by atoms with Crippen molar-refractivity contribution in [1.82, 2.24) is 9.29 Å². The first-order valence-corrected chi connectivity index (χ1v) is 18.2. The van der Waals surface area contributed by atoms with E-state index >= 15 is 8.78 Å². The summed E-state index contributed by atoms with van der Waals surface area (Å²) < 4.78 is 107. The van der Waals surface area contributed by atoms with E-state index < -0.39 is 69.0 Å². The van der Waals surface area contributed by atoms with Gasteiger partial charge in [-0.05, 0) is 72.1 Å². The molecule has 5 rings (SSSR count). The van der Waals surface area contributed by atoms with Crippen molar-refractivity contribution >= 4 is 39.2 Å². The third-order valence-electron chi connectivity index (χ3n) is 8.64. The smallest absolute Gasteiger partial charge is 0.335 e. The van der Waals surface area contributed by atoms with Crippen molar-refractivity contribution in [1.29, 1.82) is 0 Å². The lowest BCUT2D eigenvalue weighted by molar-refractivity contribution is -0.119. The summed E-state index contributed by atoms with van der Waals surface area (Å²) in [5.74, 6) is -14.9. The van der Waals surface area contributed by atoms with E-state index in [4.69, 9.17) is 16.3 Å². The quantitative estimate of drug-likeness (QED) is 0.0828. The molecule has 0 radical (unpaired) electrons. The van der Waals surface area contributed by atoms with Crippen molar-refractivity contribution in [3.8, 4) is 5.75 Å². The summed E-state index contributed by atoms with van der Waals surface area (Å²) >= 11 is 6.25. The fourth-order valence-corrected chi connectivity index (χ4v) is 7.29. The lowest BCUT2D eigenvalue weighted by Crippen LogP contribution is -2.43. The molecule has 1 aromatic heterocycles. The summed E-state index contributed by atoms with van der Waals surface area (Å²) in [6.07, 6.45) is 4.30. The Morgan fingerprint density at radius 2 is 1.58 bits per heavy atom. The number of benzene rings is 3. The van der Waals surface area contributed by atoms with E-state index in [-0.39, 0.29) is 50.5 Å². The van der Waals surface area contributed by atoms with E-state index in [2.05, 4.69) is 11.1 Å². The van der Waals surface area contributed by atoms with Crippen molar-refractivity contribution in [3.05, 3.63) is 117 Å². The normalized spacial score (nSPS) is 13.3. The maximum absolute atomic E-state index is 15.1. The number of sulfonamides is 1. The van der Waals surface area contributed by atoms with Crippen LogP contribution in [0.15, 0.2) is 59.8 Å². The van der Waals surface area contributed by atoms with Crippen molar-refractivity contribution < 1.29 is 49.8 Å². The van der Waals surface area contributed by atoms with Crippen LogP contribution >= 0.6 is 11.6 Å². The summed E-state index contributed by atoms with van der Waals surface area (Å²) in [5.41, 5.74) is 2.03. The SMILES string of the molecule is CCOc1cc(C(=O)O)ccc1N(Cc1cc(C2CC2)cc(C(C)(C)C)c1)C(=O)CN(Cc1cnccc1Cl)S(=O)(=O)c1c(F)c(F)c(F)c(F)c1F. The van der Waals surface area contributed by atoms with Crippen molar-refractivity contribution in [2.24, 2.45) is 0 Å². The lowest BCUT2D eigenvalue weighted by Gasteiger charge is -2.30. The van der Waals surface area contributed by atoms with E-state index in [0.29, 0.717) is 11.5 Å². The van der Waals surface area contributed by atoms with Gasteiger partial charge in [-0.2, -0.15) is 4.31 Å². The number of anilines is 1. The molecule has 0 saturated heterocycles. The van der Waals surface area contributed by atoms with Crippen LogP contribution in [-0.2, 0) is 33.3 Å². The number of amides is 1. The number of hydrogen-bond donors (Lipinski definition) is 1. The highest BCUT2D eigenvalue weighted by Crippen LogP contribution is 2.42. The van der Waals surface area contributed by atoms with Crippen LogP contribution in [0.4, 0.5) is 27.6 Å². The standard InChI is InChI=1S/C37H35ClF5N3O6S/c1-5-52-28-15-22(36(48)49)8-9-27(28)46(17-20-12-23(21-6-7-21)14-25(13-20)37(2,3)4)29(47)19-45(18-24-16-44-11-10-26(24)38)53(50,51)35-33(42)31(40)30(39)32(41)34(35)43/h8-16,21H,5-7,17-19H2,1-4H3,(H,48,49). The Balaban J connectivity index is 1.68. The van der Waals surface area contributed by atoms with Gasteiger partial charge in [-0.25, -0.2) is 35.2 Å². The minimum atomic E-state index is -5.70. The molecule has 53 heavy (non-hydrogen) atoms. The Morgan fingerprint density at radius 3 is 2.15 bits per heavy atom. The van der Waals surface area contributed by atoms with Crippen LogP contribution in [0.1, 0.15) is 79.1 Å². The molecule has 0 unspecified atom stereocenters. The molecule has 0 atom stereocenters. The van der Waals surface area contributed by atoms with E-state index in [9.17, 15) is 36.3 Å². The highest BCUT2D eigenvalue weighted by molar-refractivity contribution is 7.89. The Morgan fingerprint density at radius 1 is 0.943 bits per heavy atom. The first-order valence-electron chi connectivity index (χ1n) is 16.4. The fraction of sp³-hybridized carbons (Fsp3) is 0.324. The number of carbonyl (C=O) groups excluding carboxylic acids is 1. The number of rotatable bonds is 13. The summed E-state index contributed by atoms with van der Waals surface area (Å²) in [4.78, 5) is 29.2. The van der Waals surface area contributed by atoms with Crippen LogP contribution in [0, 0.1) is 29.1 Å². The third-order valence-corrected chi connectivity index (χ3v) is 10.8. The predicted octanol–water partition coefficient (Wildman–Crippen LogP) is 8.13. The number of halogens is 6. The van der Waals surface area contributed by atoms with Crippen LogP contribution in [0.5, 0.6) is 5.75 Å². The number of nitrogens with zero attached hydrogens (tertiary/aromatic N) is 3. The first kappa shape index (κ1) is 39.6. The first-order chi connectivity index (χ1) is 24.8. The molecule has 4 aromatic rings. The summed E-state index contributed by atoms with van der Waals surface area (Å²) in [6.45, 7) is 5.36. The minimum Gasteiger partial charge on any atom is -0.492 e. The van der Waals surface area contributed by atoms with Crippen molar-refractivity contribution in [2.75, 3.05) is 18.1 Å². The molecule has 0 bridgehead atoms. The Kier molecular flexibility index (Phi) is 11.5. The Hall–Kier alpha value is -4.60. The number of ether oxygens (including phenoxy) is 1. The number of hydrogen-bond acceptors (Lipinski definition) is 6. The average Bonchev–Trinajstić information content (AvgIpc) is 3.95. The fourth-order valence-electron chi connectivity index (χ4n) is 5.65. The molecule has 0 aliphatic heterocycles. The molecule has 282 valence electrons. The van der Waals surface area contributed by atoms with Gasteiger partial charge < -0.3 is 14.7 Å². The summed E-state index contributed by atoms with van der Waals surface area (Å²) in [5, 5.41) is 9.59. The van der Waals surface area contributed by atoms with Gasteiger partial charge in [0.05, 0.1) is 30.9 Å². The van der Waals surface area contributed by atoms with Gasteiger partial charge >= 0.3 is 5.97 Å². The predicted molar refractivity (Wildman–Crippen MR) is 186 cm³/mol. The second-order valence-electron chi connectivity index (χ2n) is 13.5. The molecule has 1 aliphatic carbocycles. The zero-order valence-electron chi connectivity index (χ0n) is 29.0. The Bertz CT molecular complexity index is 2170. The number of carboxylic acids is 1. The van der Waals surface area contributed by atoms with Crippen LogP contribution in [-0.4, -0.2) is 47.8 Å². The second kappa shape index (κ2) is 15.4. The molecule has 1 fully saturated rings. The number of aromatic nitrogens is 1. The van der Waals surface area contributed by atoms with E-state index in [0.717, 1.165) is 35.1 Å². The van der Waals surface area contributed by atoms with E-state index in [1.165, 1.54) is 30.5 Å². The van der Waals surface area contributed by atoms with Gasteiger partial charge in [-0.3, -0.25) is 9.78 Å². The number of carbonyl (C=O) groups is 2. The molecule has 1 amide bonds.